The fourth-order valence-corrected chi connectivity index (χ4v) is 1.69. The Hall–Kier alpha value is -0.570. The molecule has 0 aliphatic carbocycles. The van der Waals surface area contributed by atoms with Crippen LogP contribution >= 0.6 is 11.6 Å². The summed E-state index contributed by atoms with van der Waals surface area (Å²) in [6.45, 7) is 4.97. The van der Waals surface area contributed by atoms with Crippen molar-refractivity contribution in [3.8, 4) is 0 Å². The molecular weight excluding hydrogens is 212 g/mol. The van der Waals surface area contributed by atoms with E-state index < -0.39 is 6.10 Å². The molecule has 1 atom stereocenters. The van der Waals surface area contributed by atoms with Gasteiger partial charge in [-0.3, -0.25) is 0 Å². The first-order valence-corrected chi connectivity index (χ1v) is 5.54. The molecule has 0 radical (unpaired) electrons. The Morgan fingerprint density at radius 1 is 1.47 bits per heavy atom. The van der Waals surface area contributed by atoms with Gasteiger partial charge < -0.3 is 9.84 Å². The molecule has 1 aromatic carbocycles. The highest BCUT2D eigenvalue weighted by Crippen LogP contribution is 2.24. The van der Waals surface area contributed by atoms with Crippen molar-refractivity contribution in [2.75, 3.05) is 13.2 Å². The number of hydrogen-bond acceptors (Lipinski definition) is 2. The molecule has 0 aromatic heterocycles. The maximum atomic E-state index is 9.81. The smallest absolute Gasteiger partial charge is 0.104 e. The first-order chi connectivity index (χ1) is 7.15. The van der Waals surface area contributed by atoms with Crippen LogP contribution < -0.4 is 0 Å². The van der Waals surface area contributed by atoms with Gasteiger partial charge in [-0.2, -0.15) is 0 Å². The van der Waals surface area contributed by atoms with E-state index in [9.17, 15) is 5.11 Å². The van der Waals surface area contributed by atoms with Gasteiger partial charge in [0.2, 0.25) is 0 Å². The lowest BCUT2D eigenvalue weighted by molar-refractivity contribution is 0.0364. The molecule has 1 rings (SSSR count). The average Bonchev–Trinajstić information content (AvgIpc) is 2.17. The van der Waals surface area contributed by atoms with Gasteiger partial charge in [-0.15, -0.1) is 0 Å². The van der Waals surface area contributed by atoms with Crippen molar-refractivity contribution in [3.63, 3.8) is 0 Å². The molecule has 0 amide bonds. The van der Waals surface area contributed by atoms with E-state index in [1.807, 2.05) is 32.0 Å². The maximum absolute atomic E-state index is 9.81. The molecule has 84 valence electrons. The fourth-order valence-electron chi connectivity index (χ4n) is 1.33. The van der Waals surface area contributed by atoms with Gasteiger partial charge >= 0.3 is 0 Å². The molecule has 0 aliphatic heterocycles. The molecule has 0 aliphatic rings. The summed E-state index contributed by atoms with van der Waals surface area (Å²) in [5.41, 5.74) is 1.82. The number of aliphatic hydroxyl groups is 1. The zero-order valence-corrected chi connectivity index (χ0v) is 9.92. The number of rotatable bonds is 5. The van der Waals surface area contributed by atoms with Crippen LogP contribution in [-0.2, 0) is 4.74 Å². The monoisotopic (exact) mass is 228 g/mol. The van der Waals surface area contributed by atoms with Gasteiger partial charge in [0.15, 0.2) is 0 Å². The second-order valence-corrected chi connectivity index (χ2v) is 4.02. The summed E-state index contributed by atoms with van der Waals surface area (Å²) in [6, 6.07) is 5.63. The van der Waals surface area contributed by atoms with E-state index in [2.05, 4.69) is 0 Å². The van der Waals surface area contributed by atoms with Crippen molar-refractivity contribution < 1.29 is 9.84 Å². The zero-order chi connectivity index (χ0) is 11.3. The van der Waals surface area contributed by atoms with Gasteiger partial charge in [-0.25, -0.2) is 0 Å². The molecule has 1 aromatic rings. The Balaban J connectivity index is 2.61. The molecule has 3 heteroatoms. The number of hydrogen-bond donors (Lipinski definition) is 1. The SMILES string of the molecule is CCCOCC(O)c1ccc(C)cc1Cl. The number of benzene rings is 1. The molecule has 1 unspecified atom stereocenters. The first-order valence-electron chi connectivity index (χ1n) is 5.17. The summed E-state index contributed by atoms with van der Waals surface area (Å²) in [7, 11) is 0. The van der Waals surface area contributed by atoms with Crippen LogP contribution in [0, 0.1) is 6.92 Å². The Bertz CT molecular complexity index is 312. The van der Waals surface area contributed by atoms with Gasteiger partial charge in [-0.05, 0) is 25.0 Å². The van der Waals surface area contributed by atoms with Gasteiger partial charge in [0.05, 0.1) is 6.61 Å². The normalized spacial score (nSPS) is 12.8. The number of aryl methyl sites for hydroxylation is 1. The Labute approximate surface area is 95.8 Å². The predicted molar refractivity (Wildman–Crippen MR) is 62.3 cm³/mol. The largest absolute Gasteiger partial charge is 0.386 e. The summed E-state index contributed by atoms with van der Waals surface area (Å²) >= 11 is 6.02. The minimum Gasteiger partial charge on any atom is -0.386 e. The van der Waals surface area contributed by atoms with Crippen LogP contribution in [0.4, 0.5) is 0 Å². The fraction of sp³-hybridized carbons (Fsp3) is 0.500. The first kappa shape index (κ1) is 12.5. The molecule has 0 heterocycles. The van der Waals surface area contributed by atoms with Crippen molar-refractivity contribution in [3.05, 3.63) is 34.3 Å². The molecule has 0 saturated carbocycles. The van der Waals surface area contributed by atoms with Crippen LogP contribution in [0.5, 0.6) is 0 Å². The number of halogens is 1. The molecule has 0 spiro atoms. The van der Waals surface area contributed by atoms with E-state index in [0.717, 1.165) is 17.5 Å². The van der Waals surface area contributed by atoms with E-state index in [1.165, 1.54) is 0 Å². The van der Waals surface area contributed by atoms with Gasteiger partial charge in [0.25, 0.3) is 0 Å². The van der Waals surface area contributed by atoms with Crippen LogP contribution in [0.15, 0.2) is 18.2 Å². The summed E-state index contributed by atoms with van der Waals surface area (Å²) in [5, 5.41) is 10.4. The standard InChI is InChI=1S/C12H17ClO2/c1-3-6-15-8-12(14)10-5-4-9(2)7-11(10)13/h4-5,7,12,14H,3,6,8H2,1-2H3. The van der Waals surface area contributed by atoms with Gasteiger partial charge in [-0.1, -0.05) is 30.7 Å². The Kier molecular flexibility index (Phi) is 5.09. The maximum Gasteiger partial charge on any atom is 0.104 e. The number of ether oxygens (including phenoxy) is 1. The second-order valence-electron chi connectivity index (χ2n) is 3.62. The van der Waals surface area contributed by atoms with E-state index in [0.29, 0.717) is 18.2 Å². The highest BCUT2D eigenvalue weighted by molar-refractivity contribution is 6.31. The molecule has 0 saturated heterocycles. The minimum absolute atomic E-state index is 0.302. The third kappa shape index (κ3) is 3.82. The van der Waals surface area contributed by atoms with Crippen molar-refractivity contribution in [1.29, 1.82) is 0 Å². The summed E-state index contributed by atoms with van der Waals surface area (Å²) in [5.74, 6) is 0. The molecule has 0 bridgehead atoms. The lowest BCUT2D eigenvalue weighted by Crippen LogP contribution is -2.08. The molecule has 15 heavy (non-hydrogen) atoms. The Morgan fingerprint density at radius 2 is 2.20 bits per heavy atom. The minimum atomic E-state index is -0.635. The highest BCUT2D eigenvalue weighted by atomic mass is 35.5. The van der Waals surface area contributed by atoms with Crippen molar-refractivity contribution >= 4 is 11.6 Å². The molecule has 2 nitrogen and oxygen atoms in total. The molecule has 0 fully saturated rings. The van der Waals surface area contributed by atoms with Crippen molar-refractivity contribution in [2.24, 2.45) is 0 Å². The van der Waals surface area contributed by atoms with Crippen LogP contribution in [0.2, 0.25) is 5.02 Å². The van der Waals surface area contributed by atoms with Gasteiger partial charge in [0, 0.05) is 17.2 Å². The van der Waals surface area contributed by atoms with Crippen LogP contribution in [-0.4, -0.2) is 18.3 Å². The van der Waals surface area contributed by atoms with Crippen LogP contribution in [0.1, 0.15) is 30.6 Å². The summed E-state index contributed by atoms with van der Waals surface area (Å²) in [6.07, 6.45) is 0.318. The Morgan fingerprint density at radius 3 is 2.80 bits per heavy atom. The van der Waals surface area contributed by atoms with Gasteiger partial charge in [0.1, 0.15) is 6.10 Å². The molecule has 1 N–H and O–H groups in total. The van der Waals surface area contributed by atoms with Crippen LogP contribution in [0.25, 0.3) is 0 Å². The topological polar surface area (TPSA) is 29.5 Å². The lowest BCUT2D eigenvalue weighted by Gasteiger charge is -2.13. The summed E-state index contributed by atoms with van der Waals surface area (Å²) in [4.78, 5) is 0. The zero-order valence-electron chi connectivity index (χ0n) is 9.16. The van der Waals surface area contributed by atoms with Crippen LogP contribution in [0.3, 0.4) is 0 Å². The molecular formula is C12H17ClO2. The highest BCUT2D eigenvalue weighted by Gasteiger charge is 2.11. The van der Waals surface area contributed by atoms with E-state index in [-0.39, 0.29) is 0 Å². The quantitative estimate of drug-likeness (QED) is 0.785. The second kappa shape index (κ2) is 6.11. The average molecular weight is 229 g/mol. The summed E-state index contributed by atoms with van der Waals surface area (Å²) < 4.78 is 5.28. The third-order valence-electron chi connectivity index (χ3n) is 2.14. The third-order valence-corrected chi connectivity index (χ3v) is 2.47. The predicted octanol–water partition coefficient (Wildman–Crippen LogP) is 3.11. The van der Waals surface area contributed by atoms with Crippen molar-refractivity contribution in [1.82, 2.24) is 0 Å². The van der Waals surface area contributed by atoms with E-state index >= 15 is 0 Å². The lowest BCUT2D eigenvalue weighted by atomic mass is 10.1. The number of aliphatic hydroxyl groups excluding tert-OH is 1. The van der Waals surface area contributed by atoms with E-state index in [4.69, 9.17) is 16.3 Å². The van der Waals surface area contributed by atoms with E-state index in [1.54, 1.807) is 0 Å². The van der Waals surface area contributed by atoms with Crippen molar-refractivity contribution in [2.45, 2.75) is 26.4 Å².